The topological polar surface area (TPSA) is 55.1 Å². The number of nitrogens with two attached hydrogens (primary N) is 1. The fourth-order valence-electron chi connectivity index (χ4n) is 2.46. The van der Waals surface area contributed by atoms with E-state index in [1.54, 1.807) is 0 Å². The van der Waals surface area contributed by atoms with E-state index >= 15 is 0 Å². The van der Waals surface area contributed by atoms with Gasteiger partial charge in [0.2, 0.25) is 5.91 Å². The van der Waals surface area contributed by atoms with E-state index in [0.29, 0.717) is 13.0 Å². The number of rotatable bonds is 5. The third-order valence-corrected chi connectivity index (χ3v) is 3.29. The molecule has 0 aliphatic heterocycles. The lowest BCUT2D eigenvalue weighted by Gasteiger charge is -2.26. The van der Waals surface area contributed by atoms with Gasteiger partial charge in [0.05, 0.1) is 0 Å². The van der Waals surface area contributed by atoms with Crippen molar-refractivity contribution < 1.29 is 4.79 Å². The van der Waals surface area contributed by atoms with Crippen LogP contribution in [0.15, 0.2) is 0 Å². The van der Waals surface area contributed by atoms with Crippen LogP contribution in [0.2, 0.25) is 0 Å². The predicted molar refractivity (Wildman–Crippen MR) is 62.4 cm³/mol. The van der Waals surface area contributed by atoms with E-state index in [0.717, 1.165) is 24.8 Å². The molecule has 0 heterocycles. The summed E-state index contributed by atoms with van der Waals surface area (Å²) in [6.45, 7) is 3.61. The molecule has 0 aromatic heterocycles. The SMILES string of the molecule is CC1CCCC(CCNC(=O)CCN)C1. The summed E-state index contributed by atoms with van der Waals surface area (Å²) >= 11 is 0. The number of nitrogens with one attached hydrogen (secondary N) is 1. The molecule has 0 radical (unpaired) electrons. The first-order valence-corrected chi connectivity index (χ1v) is 6.19. The molecule has 0 spiro atoms. The van der Waals surface area contributed by atoms with Gasteiger partial charge in [0.25, 0.3) is 0 Å². The maximum atomic E-state index is 11.2. The molecule has 1 aliphatic carbocycles. The number of hydrogen-bond acceptors (Lipinski definition) is 2. The van der Waals surface area contributed by atoms with E-state index in [-0.39, 0.29) is 5.91 Å². The van der Waals surface area contributed by atoms with Gasteiger partial charge < -0.3 is 11.1 Å². The Bertz CT molecular complexity index is 194. The molecule has 88 valence electrons. The zero-order valence-electron chi connectivity index (χ0n) is 9.80. The summed E-state index contributed by atoms with van der Waals surface area (Å²) in [5, 5.41) is 2.93. The normalized spacial score (nSPS) is 26.3. The summed E-state index contributed by atoms with van der Waals surface area (Å²) in [6.07, 6.45) is 7.03. The van der Waals surface area contributed by atoms with Gasteiger partial charge in [-0.1, -0.05) is 26.2 Å². The van der Waals surface area contributed by atoms with E-state index in [2.05, 4.69) is 12.2 Å². The van der Waals surface area contributed by atoms with Gasteiger partial charge in [-0.15, -0.1) is 0 Å². The largest absolute Gasteiger partial charge is 0.356 e. The minimum Gasteiger partial charge on any atom is -0.356 e. The highest BCUT2D eigenvalue weighted by molar-refractivity contribution is 5.75. The Morgan fingerprint density at radius 2 is 2.27 bits per heavy atom. The number of amides is 1. The van der Waals surface area contributed by atoms with E-state index in [4.69, 9.17) is 5.73 Å². The van der Waals surface area contributed by atoms with Gasteiger partial charge in [0.1, 0.15) is 0 Å². The number of carbonyl (C=O) groups excluding carboxylic acids is 1. The molecule has 3 heteroatoms. The molecule has 1 aliphatic rings. The monoisotopic (exact) mass is 212 g/mol. The summed E-state index contributed by atoms with van der Waals surface area (Å²) in [7, 11) is 0. The molecule has 1 amide bonds. The number of hydrogen-bond donors (Lipinski definition) is 2. The van der Waals surface area contributed by atoms with Crippen molar-refractivity contribution in [3.05, 3.63) is 0 Å². The van der Waals surface area contributed by atoms with Crippen LogP contribution in [0.5, 0.6) is 0 Å². The van der Waals surface area contributed by atoms with Crippen LogP contribution in [0.3, 0.4) is 0 Å². The van der Waals surface area contributed by atoms with Crippen molar-refractivity contribution in [3.8, 4) is 0 Å². The Balaban J connectivity index is 2.06. The molecule has 2 unspecified atom stereocenters. The van der Waals surface area contributed by atoms with E-state index in [1.165, 1.54) is 25.7 Å². The molecule has 1 saturated carbocycles. The molecule has 2 atom stereocenters. The molecule has 0 saturated heterocycles. The zero-order chi connectivity index (χ0) is 11.1. The average molecular weight is 212 g/mol. The summed E-state index contributed by atoms with van der Waals surface area (Å²) in [5.41, 5.74) is 5.30. The van der Waals surface area contributed by atoms with E-state index in [1.807, 2.05) is 0 Å². The molecule has 3 N–H and O–H groups in total. The maximum absolute atomic E-state index is 11.2. The van der Waals surface area contributed by atoms with Crippen LogP contribution in [0.4, 0.5) is 0 Å². The van der Waals surface area contributed by atoms with Crippen LogP contribution in [-0.4, -0.2) is 19.0 Å². The minimum absolute atomic E-state index is 0.0985. The highest BCUT2D eigenvalue weighted by atomic mass is 16.1. The van der Waals surface area contributed by atoms with Crippen LogP contribution in [0.25, 0.3) is 0 Å². The third kappa shape index (κ3) is 5.17. The fourth-order valence-corrected chi connectivity index (χ4v) is 2.46. The van der Waals surface area contributed by atoms with Gasteiger partial charge in [-0.3, -0.25) is 4.79 Å². The molecular formula is C12H24N2O. The predicted octanol–water partition coefficient (Wildman–Crippen LogP) is 1.67. The van der Waals surface area contributed by atoms with Crippen LogP contribution in [0.1, 0.15) is 45.4 Å². The van der Waals surface area contributed by atoms with E-state index < -0.39 is 0 Å². The molecule has 15 heavy (non-hydrogen) atoms. The van der Waals surface area contributed by atoms with Crippen LogP contribution >= 0.6 is 0 Å². The van der Waals surface area contributed by atoms with Gasteiger partial charge in [-0.2, -0.15) is 0 Å². The van der Waals surface area contributed by atoms with Crippen LogP contribution < -0.4 is 11.1 Å². The van der Waals surface area contributed by atoms with E-state index in [9.17, 15) is 4.79 Å². The van der Waals surface area contributed by atoms with Crippen LogP contribution in [0, 0.1) is 11.8 Å². The summed E-state index contributed by atoms with van der Waals surface area (Å²) < 4.78 is 0. The first kappa shape index (κ1) is 12.5. The molecule has 3 nitrogen and oxygen atoms in total. The fraction of sp³-hybridized carbons (Fsp3) is 0.917. The van der Waals surface area contributed by atoms with Crippen molar-refractivity contribution >= 4 is 5.91 Å². The maximum Gasteiger partial charge on any atom is 0.221 e. The Morgan fingerprint density at radius 3 is 2.93 bits per heavy atom. The van der Waals surface area contributed by atoms with Gasteiger partial charge in [-0.05, 0) is 24.7 Å². The van der Waals surface area contributed by atoms with Crippen molar-refractivity contribution in [2.24, 2.45) is 17.6 Å². The lowest BCUT2D eigenvalue weighted by atomic mass is 9.81. The highest BCUT2D eigenvalue weighted by Crippen LogP contribution is 2.30. The van der Waals surface area contributed by atoms with Crippen molar-refractivity contribution in [3.63, 3.8) is 0 Å². The molecule has 0 bridgehead atoms. The molecular weight excluding hydrogens is 188 g/mol. The second-order valence-electron chi connectivity index (χ2n) is 4.82. The quantitative estimate of drug-likeness (QED) is 0.728. The van der Waals surface area contributed by atoms with Gasteiger partial charge >= 0.3 is 0 Å². The average Bonchev–Trinajstić information content (AvgIpc) is 2.18. The Labute approximate surface area is 92.8 Å². The summed E-state index contributed by atoms with van der Waals surface area (Å²) in [6, 6.07) is 0. The first-order valence-electron chi connectivity index (χ1n) is 6.19. The molecule has 0 aromatic carbocycles. The molecule has 0 aromatic rings. The minimum atomic E-state index is 0.0985. The second kappa shape index (κ2) is 6.83. The lowest BCUT2D eigenvalue weighted by molar-refractivity contribution is -0.120. The Hall–Kier alpha value is -0.570. The smallest absolute Gasteiger partial charge is 0.221 e. The van der Waals surface area contributed by atoms with Crippen molar-refractivity contribution in [1.29, 1.82) is 0 Å². The van der Waals surface area contributed by atoms with Crippen LogP contribution in [-0.2, 0) is 4.79 Å². The summed E-state index contributed by atoms with van der Waals surface area (Å²) in [4.78, 5) is 11.2. The third-order valence-electron chi connectivity index (χ3n) is 3.29. The molecule has 1 fully saturated rings. The Kier molecular flexibility index (Phi) is 5.69. The first-order chi connectivity index (χ1) is 7.22. The molecule has 1 rings (SSSR count). The Morgan fingerprint density at radius 1 is 1.47 bits per heavy atom. The van der Waals surface area contributed by atoms with Crippen molar-refractivity contribution in [1.82, 2.24) is 5.32 Å². The van der Waals surface area contributed by atoms with Crippen molar-refractivity contribution in [2.75, 3.05) is 13.1 Å². The summed E-state index contributed by atoms with van der Waals surface area (Å²) in [5.74, 6) is 1.80. The zero-order valence-corrected chi connectivity index (χ0v) is 9.80. The highest BCUT2D eigenvalue weighted by Gasteiger charge is 2.18. The standard InChI is InChI=1S/C12H24N2O/c1-10-3-2-4-11(9-10)6-8-14-12(15)5-7-13/h10-11H,2-9,13H2,1H3,(H,14,15). The van der Waals surface area contributed by atoms with Gasteiger partial charge in [0.15, 0.2) is 0 Å². The van der Waals surface area contributed by atoms with Crippen molar-refractivity contribution in [2.45, 2.75) is 45.4 Å². The second-order valence-corrected chi connectivity index (χ2v) is 4.82. The van der Waals surface area contributed by atoms with Gasteiger partial charge in [0, 0.05) is 19.5 Å². The lowest BCUT2D eigenvalue weighted by Crippen LogP contribution is -2.28. The number of carbonyl (C=O) groups is 1. The van der Waals surface area contributed by atoms with Gasteiger partial charge in [-0.25, -0.2) is 0 Å².